The van der Waals surface area contributed by atoms with Gasteiger partial charge in [0.1, 0.15) is 0 Å². The predicted octanol–water partition coefficient (Wildman–Crippen LogP) is 0.620. The molecular formula is C14H28N2O3. The van der Waals surface area contributed by atoms with Crippen LogP contribution < -0.4 is 5.32 Å². The highest BCUT2D eigenvalue weighted by Gasteiger charge is 2.28. The maximum Gasteiger partial charge on any atom is 0.237 e. The van der Waals surface area contributed by atoms with E-state index in [1.807, 2.05) is 13.8 Å². The van der Waals surface area contributed by atoms with Crippen LogP contribution in [0.2, 0.25) is 0 Å². The largest absolute Gasteiger partial charge is 0.393 e. The lowest BCUT2D eigenvalue weighted by Crippen LogP contribution is -2.49. The number of likely N-dealkylation sites (tertiary alicyclic amines) is 1. The second-order valence-electron chi connectivity index (χ2n) is 5.43. The molecule has 0 saturated carbocycles. The van der Waals surface area contributed by atoms with Gasteiger partial charge in [-0.15, -0.1) is 0 Å². The summed E-state index contributed by atoms with van der Waals surface area (Å²) < 4.78 is 4.95. The molecule has 19 heavy (non-hydrogen) atoms. The predicted molar refractivity (Wildman–Crippen MR) is 74.9 cm³/mol. The molecule has 1 heterocycles. The molecule has 112 valence electrons. The Morgan fingerprint density at radius 1 is 1.42 bits per heavy atom. The van der Waals surface area contributed by atoms with Gasteiger partial charge in [0.2, 0.25) is 5.91 Å². The van der Waals surface area contributed by atoms with Gasteiger partial charge < -0.3 is 15.2 Å². The monoisotopic (exact) mass is 272 g/mol. The highest BCUT2D eigenvalue weighted by atomic mass is 16.5. The second-order valence-corrected chi connectivity index (χ2v) is 5.43. The van der Waals surface area contributed by atoms with Crippen molar-refractivity contribution in [1.82, 2.24) is 10.2 Å². The highest BCUT2D eigenvalue weighted by Crippen LogP contribution is 2.21. The fraction of sp³-hybridized carbons (Fsp3) is 0.929. The van der Waals surface area contributed by atoms with Gasteiger partial charge in [-0.3, -0.25) is 9.69 Å². The van der Waals surface area contributed by atoms with Crippen LogP contribution in [-0.2, 0) is 9.53 Å². The Morgan fingerprint density at radius 2 is 2.05 bits per heavy atom. The Bertz CT molecular complexity index is 263. The first kappa shape index (κ1) is 16.4. The van der Waals surface area contributed by atoms with Crippen LogP contribution in [0.1, 0.15) is 33.1 Å². The summed E-state index contributed by atoms with van der Waals surface area (Å²) in [6, 6.07) is -0.0857. The van der Waals surface area contributed by atoms with Crippen LogP contribution in [0.5, 0.6) is 0 Å². The van der Waals surface area contributed by atoms with Gasteiger partial charge in [0.25, 0.3) is 0 Å². The molecule has 0 radical (unpaired) electrons. The molecule has 5 nitrogen and oxygen atoms in total. The summed E-state index contributed by atoms with van der Waals surface area (Å²) >= 11 is 0. The summed E-state index contributed by atoms with van der Waals surface area (Å²) in [6.07, 6.45) is 2.55. The summed E-state index contributed by atoms with van der Waals surface area (Å²) in [4.78, 5) is 14.2. The number of carbonyl (C=O) groups is 1. The summed E-state index contributed by atoms with van der Waals surface area (Å²) in [5.74, 6) is 0.472. The van der Waals surface area contributed by atoms with E-state index < -0.39 is 0 Å². The van der Waals surface area contributed by atoms with Crippen molar-refractivity contribution in [3.8, 4) is 0 Å². The van der Waals surface area contributed by atoms with Crippen molar-refractivity contribution in [2.45, 2.75) is 45.3 Å². The highest BCUT2D eigenvalue weighted by molar-refractivity contribution is 5.81. The Hall–Kier alpha value is -0.650. The van der Waals surface area contributed by atoms with Crippen molar-refractivity contribution in [3.63, 3.8) is 0 Å². The Balaban J connectivity index is 2.26. The van der Waals surface area contributed by atoms with E-state index >= 15 is 0 Å². The molecule has 0 spiro atoms. The number of nitrogens with one attached hydrogen (secondary N) is 1. The van der Waals surface area contributed by atoms with Crippen LogP contribution in [0.25, 0.3) is 0 Å². The summed E-state index contributed by atoms with van der Waals surface area (Å²) in [5.41, 5.74) is 0. The quantitative estimate of drug-likeness (QED) is 0.667. The van der Waals surface area contributed by atoms with Crippen molar-refractivity contribution >= 4 is 5.91 Å². The number of hydrogen-bond acceptors (Lipinski definition) is 4. The van der Waals surface area contributed by atoms with Crippen molar-refractivity contribution in [3.05, 3.63) is 0 Å². The zero-order chi connectivity index (χ0) is 14.3. The zero-order valence-electron chi connectivity index (χ0n) is 12.4. The van der Waals surface area contributed by atoms with E-state index in [9.17, 15) is 9.90 Å². The molecule has 0 aromatic carbocycles. The van der Waals surface area contributed by atoms with E-state index in [4.69, 9.17) is 4.74 Å². The number of piperidine rings is 1. The van der Waals surface area contributed by atoms with Crippen molar-refractivity contribution in [1.29, 1.82) is 0 Å². The van der Waals surface area contributed by atoms with Crippen LogP contribution in [-0.4, -0.2) is 61.4 Å². The number of hydrogen-bond donors (Lipinski definition) is 2. The third kappa shape index (κ3) is 5.47. The number of methoxy groups -OCH3 is 1. The molecule has 1 aliphatic rings. The third-order valence-corrected chi connectivity index (χ3v) is 4.01. The van der Waals surface area contributed by atoms with Gasteiger partial charge >= 0.3 is 0 Å². The molecule has 2 N–H and O–H groups in total. The number of carbonyl (C=O) groups excluding carboxylic acids is 1. The maximum absolute atomic E-state index is 12.0. The second kappa shape index (κ2) is 8.51. The molecular weight excluding hydrogens is 244 g/mol. The third-order valence-electron chi connectivity index (χ3n) is 4.01. The van der Waals surface area contributed by atoms with E-state index in [1.54, 1.807) is 7.11 Å². The van der Waals surface area contributed by atoms with E-state index in [2.05, 4.69) is 10.2 Å². The van der Waals surface area contributed by atoms with Crippen LogP contribution >= 0.6 is 0 Å². The summed E-state index contributed by atoms with van der Waals surface area (Å²) in [5, 5.41) is 12.5. The standard InChI is InChI=1S/C14H28N2O3/c1-11(14(18)15-7-4-10-19-3)16-8-5-13(6-9-16)12(2)17/h11-13,17H,4-10H2,1-3H3,(H,15,18). The number of ether oxygens (including phenoxy) is 1. The van der Waals surface area contributed by atoms with Crippen molar-refractivity contribution in [2.75, 3.05) is 33.4 Å². The van der Waals surface area contributed by atoms with Crippen LogP contribution in [0.3, 0.4) is 0 Å². The SMILES string of the molecule is COCCCNC(=O)C(C)N1CCC(C(C)O)CC1. The summed E-state index contributed by atoms with van der Waals surface area (Å²) in [7, 11) is 1.66. The Kier molecular flexibility index (Phi) is 7.34. The molecule has 0 aromatic rings. The first-order chi connectivity index (χ1) is 9.06. The molecule has 1 aliphatic heterocycles. The van der Waals surface area contributed by atoms with Crippen molar-refractivity contribution in [2.24, 2.45) is 5.92 Å². The molecule has 0 bridgehead atoms. The number of aliphatic hydroxyl groups is 1. The molecule has 1 rings (SSSR count). The molecule has 1 fully saturated rings. The van der Waals surface area contributed by atoms with E-state index in [0.29, 0.717) is 19.1 Å². The van der Waals surface area contributed by atoms with Crippen LogP contribution in [0, 0.1) is 5.92 Å². The van der Waals surface area contributed by atoms with Gasteiger partial charge in [0.15, 0.2) is 0 Å². The Morgan fingerprint density at radius 3 is 2.58 bits per heavy atom. The number of rotatable bonds is 7. The number of aliphatic hydroxyl groups excluding tert-OH is 1. The molecule has 0 aromatic heterocycles. The van der Waals surface area contributed by atoms with Gasteiger partial charge in [0.05, 0.1) is 12.1 Å². The minimum Gasteiger partial charge on any atom is -0.393 e. The van der Waals surface area contributed by atoms with Gasteiger partial charge in [-0.2, -0.15) is 0 Å². The van der Waals surface area contributed by atoms with Crippen LogP contribution in [0.4, 0.5) is 0 Å². The van der Waals surface area contributed by atoms with Crippen LogP contribution in [0.15, 0.2) is 0 Å². The van der Waals surface area contributed by atoms with Gasteiger partial charge in [-0.05, 0) is 52.1 Å². The minimum atomic E-state index is -0.236. The molecule has 2 unspecified atom stereocenters. The maximum atomic E-state index is 12.0. The molecule has 1 saturated heterocycles. The number of amides is 1. The lowest BCUT2D eigenvalue weighted by Gasteiger charge is -2.36. The minimum absolute atomic E-state index is 0.0857. The van der Waals surface area contributed by atoms with Crippen molar-refractivity contribution < 1.29 is 14.6 Å². The fourth-order valence-corrected chi connectivity index (χ4v) is 2.53. The van der Waals surface area contributed by atoms with Gasteiger partial charge in [-0.25, -0.2) is 0 Å². The first-order valence-electron chi connectivity index (χ1n) is 7.25. The average molecular weight is 272 g/mol. The summed E-state index contributed by atoms with van der Waals surface area (Å²) in [6.45, 7) is 6.93. The molecule has 2 atom stereocenters. The smallest absolute Gasteiger partial charge is 0.237 e. The molecule has 0 aliphatic carbocycles. The van der Waals surface area contributed by atoms with Gasteiger partial charge in [-0.1, -0.05) is 0 Å². The zero-order valence-corrected chi connectivity index (χ0v) is 12.4. The van der Waals surface area contributed by atoms with E-state index in [0.717, 1.165) is 32.4 Å². The topological polar surface area (TPSA) is 61.8 Å². The van der Waals surface area contributed by atoms with E-state index in [1.165, 1.54) is 0 Å². The lowest BCUT2D eigenvalue weighted by atomic mass is 9.91. The molecule has 5 heteroatoms. The first-order valence-corrected chi connectivity index (χ1v) is 7.25. The Labute approximate surface area is 116 Å². The van der Waals surface area contributed by atoms with E-state index in [-0.39, 0.29) is 18.1 Å². The normalized spacial score (nSPS) is 21.1. The number of nitrogens with zero attached hydrogens (tertiary/aromatic N) is 1. The van der Waals surface area contributed by atoms with Gasteiger partial charge in [0, 0.05) is 20.3 Å². The lowest BCUT2D eigenvalue weighted by molar-refractivity contribution is -0.126. The fourth-order valence-electron chi connectivity index (χ4n) is 2.53. The average Bonchev–Trinajstić information content (AvgIpc) is 2.42. The molecule has 1 amide bonds.